The Labute approximate surface area is 138 Å². The van der Waals surface area contributed by atoms with Gasteiger partial charge in [0.25, 0.3) is 0 Å². The maximum absolute atomic E-state index is 12.9. The van der Waals surface area contributed by atoms with Gasteiger partial charge in [-0.3, -0.25) is 4.98 Å². The Bertz CT molecular complexity index is 695. The molecule has 0 unspecified atom stereocenters. The molecular formula is C16H20F3N5. The van der Waals surface area contributed by atoms with Crippen LogP contribution in [0, 0.1) is 0 Å². The summed E-state index contributed by atoms with van der Waals surface area (Å²) in [6, 6.07) is 3.00. The van der Waals surface area contributed by atoms with E-state index in [-0.39, 0.29) is 12.0 Å². The minimum absolute atomic E-state index is 0.158. The highest BCUT2D eigenvalue weighted by Gasteiger charge is 2.33. The van der Waals surface area contributed by atoms with Gasteiger partial charge < -0.3 is 9.47 Å². The Hall–Kier alpha value is -2.12. The minimum atomic E-state index is -4.43. The van der Waals surface area contributed by atoms with Gasteiger partial charge in [0.05, 0.1) is 0 Å². The van der Waals surface area contributed by atoms with Gasteiger partial charge >= 0.3 is 6.18 Å². The average molecular weight is 339 g/mol. The fraction of sp³-hybridized carbons (Fsp3) is 0.562. The van der Waals surface area contributed by atoms with Crippen molar-refractivity contribution in [2.45, 2.75) is 44.8 Å². The van der Waals surface area contributed by atoms with Crippen LogP contribution in [0.3, 0.4) is 0 Å². The fourth-order valence-corrected chi connectivity index (χ4v) is 3.14. The largest absolute Gasteiger partial charge is 0.433 e. The van der Waals surface area contributed by atoms with Crippen molar-refractivity contribution in [2.24, 2.45) is 0 Å². The normalized spacial score (nSPS) is 19.1. The Balaban J connectivity index is 1.82. The first-order chi connectivity index (χ1) is 11.4. The summed E-state index contributed by atoms with van der Waals surface area (Å²) < 4.78 is 40.7. The molecular weight excluding hydrogens is 319 g/mol. The molecule has 1 aliphatic heterocycles. The molecule has 0 radical (unpaired) electrons. The molecule has 5 nitrogen and oxygen atoms in total. The molecule has 24 heavy (non-hydrogen) atoms. The summed E-state index contributed by atoms with van der Waals surface area (Å²) in [7, 11) is 0. The first-order valence-corrected chi connectivity index (χ1v) is 8.04. The van der Waals surface area contributed by atoms with Gasteiger partial charge in [-0.15, -0.1) is 10.2 Å². The molecule has 1 fully saturated rings. The summed E-state index contributed by atoms with van der Waals surface area (Å²) in [6.07, 6.45) is 0.368. The molecule has 2 aromatic rings. The molecule has 0 bridgehead atoms. The number of aromatic nitrogens is 4. The molecule has 3 heterocycles. The summed E-state index contributed by atoms with van der Waals surface area (Å²) in [5.41, 5.74) is -0.301. The van der Waals surface area contributed by atoms with Crippen LogP contribution in [0.1, 0.15) is 50.2 Å². The minimum Gasteiger partial charge on any atom is -0.371 e. The molecule has 0 amide bonds. The molecule has 0 aliphatic carbocycles. The molecule has 3 rings (SSSR count). The molecule has 1 atom stereocenters. The van der Waals surface area contributed by atoms with E-state index in [0.717, 1.165) is 31.3 Å². The van der Waals surface area contributed by atoms with Crippen molar-refractivity contribution in [1.29, 1.82) is 0 Å². The molecule has 1 aliphatic rings. The van der Waals surface area contributed by atoms with Gasteiger partial charge in [-0.25, -0.2) is 0 Å². The highest BCUT2D eigenvalue weighted by atomic mass is 19.4. The van der Waals surface area contributed by atoms with E-state index >= 15 is 0 Å². The third-order valence-corrected chi connectivity index (χ3v) is 4.34. The van der Waals surface area contributed by atoms with Crippen molar-refractivity contribution in [2.75, 3.05) is 18.0 Å². The summed E-state index contributed by atoms with van der Waals surface area (Å²) in [6.45, 7) is 5.48. The number of hydrogen-bond donors (Lipinski definition) is 0. The van der Waals surface area contributed by atoms with Gasteiger partial charge in [-0.1, -0.05) is 0 Å². The second-order valence-corrected chi connectivity index (χ2v) is 6.37. The van der Waals surface area contributed by atoms with Crippen molar-refractivity contribution < 1.29 is 13.2 Å². The molecule has 0 aromatic carbocycles. The lowest BCUT2D eigenvalue weighted by molar-refractivity contribution is -0.141. The Morgan fingerprint density at radius 2 is 2.08 bits per heavy atom. The van der Waals surface area contributed by atoms with Crippen molar-refractivity contribution >= 4 is 5.69 Å². The number of anilines is 1. The third kappa shape index (κ3) is 3.37. The van der Waals surface area contributed by atoms with E-state index in [2.05, 4.69) is 29.0 Å². The van der Waals surface area contributed by atoms with E-state index in [4.69, 9.17) is 0 Å². The average Bonchev–Trinajstić information content (AvgIpc) is 3.04. The van der Waals surface area contributed by atoms with Crippen LogP contribution < -0.4 is 4.90 Å². The predicted octanol–water partition coefficient (Wildman–Crippen LogP) is 3.66. The third-order valence-electron chi connectivity index (χ3n) is 4.34. The maximum Gasteiger partial charge on any atom is 0.433 e. The van der Waals surface area contributed by atoms with Crippen molar-refractivity contribution in [3.05, 3.63) is 36.2 Å². The van der Waals surface area contributed by atoms with Crippen LogP contribution in [0.25, 0.3) is 0 Å². The van der Waals surface area contributed by atoms with Gasteiger partial charge in [0.15, 0.2) is 0 Å². The second-order valence-electron chi connectivity index (χ2n) is 6.37. The van der Waals surface area contributed by atoms with Crippen molar-refractivity contribution in [3.63, 3.8) is 0 Å². The number of hydrogen-bond acceptors (Lipinski definition) is 4. The zero-order chi connectivity index (χ0) is 17.3. The Morgan fingerprint density at radius 3 is 2.79 bits per heavy atom. The monoisotopic (exact) mass is 339 g/mol. The van der Waals surface area contributed by atoms with E-state index in [1.165, 1.54) is 6.20 Å². The number of piperidine rings is 1. The van der Waals surface area contributed by atoms with Crippen LogP contribution in [0.5, 0.6) is 0 Å². The summed E-state index contributed by atoms with van der Waals surface area (Å²) in [5.74, 6) is 1.06. The van der Waals surface area contributed by atoms with Crippen molar-refractivity contribution in [3.8, 4) is 0 Å². The number of pyridine rings is 1. The highest BCUT2D eigenvalue weighted by Crippen LogP contribution is 2.33. The van der Waals surface area contributed by atoms with Crippen LogP contribution in [0.4, 0.5) is 18.9 Å². The molecule has 1 saturated heterocycles. The lowest BCUT2D eigenvalue weighted by Gasteiger charge is -2.34. The van der Waals surface area contributed by atoms with Crippen LogP contribution in [0.2, 0.25) is 0 Å². The van der Waals surface area contributed by atoms with E-state index in [9.17, 15) is 13.2 Å². The van der Waals surface area contributed by atoms with Crippen LogP contribution in [0.15, 0.2) is 24.7 Å². The zero-order valence-corrected chi connectivity index (χ0v) is 13.7. The summed E-state index contributed by atoms with van der Waals surface area (Å²) >= 11 is 0. The Morgan fingerprint density at radius 1 is 1.29 bits per heavy atom. The number of nitrogens with zero attached hydrogens (tertiary/aromatic N) is 5. The van der Waals surface area contributed by atoms with Crippen LogP contribution >= 0.6 is 0 Å². The number of alkyl halides is 3. The Kier molecular flexibility index (Phi) is 4.47. The highest BCUT2D eigenvalue weighted by molar-refractivity contribution is 5.48. The van der Waals surface area contributed by atoms with E-state index in [0.29, 0.717) is 12.2 Å². The number of rotatable bonds is 3. The van der Waals surface area contributed by atoms with Gasteiger partial charge in [-0.05, 0) is 38.8 Å². The SMILES string of the molecule is CC(C)n1cnnc1[C@H]1CCCN(c2ccnc(C(F)(F)F)c2)C1. The van der Waals surface area contributed by atoms with Gasteiger partial charge in [0.1, 0.15) is 17.8 Å². The van der Waals surface area contributed by atoms with Crippen molar-refractivity contribution in [1.82, 2.24) is 19.7 Å². The smallest absolute Gasteiger partial charge is 0.371 e. The molecule has 2 aromatic heterocycles. The molecule has 0 N–H and O–H groups in total. The first kappa shape index (κ1) is 16.7. The first-order valence-electron chi connectivity index (χ1n) is 8.04. The van der Waals surface area contributed by atoms with E-state index in [1.54, 1.807) is 12.4 Å². The predicted molar refractivity (Wildman–Crippen MR) is 83.8 cm³/mol. The summed E-state index contributed by atoms with van der Waals surface area (Å²) in [5, 5.41) is 8.24. The fourth-order valence-electron chi connectivity index (χ4n) is 3.14. The quantitative estimate of drug-likeness (QED) is 0.856. The molecule has 130 valence electrons. The topological polar surface area (TPSA) is 46.8 Å². The van der Waals surface area contributed by atoms with Gasteiger partial charge in [-0.2, -0.15) is 13.2 Å². The molecule has 0 saturated carbocycles. The van der Waals surface area contributed by atoms with Gasteiger partial charge in [0.2, 0.25) is 0 Å². The molecule has 8 heteroatoms. The maximum atomic E-state index is 12.9. The van der Waals surface area contributed by atoms with Gasteiger partial charge in [0, 0.05) is 36.9 Å². The lowest BCUT2D eigenvalue weighted by atomic mass is 9.96. The van der Waals surface area contributed by atoms with E-state index < -0.39 is 11.9 Å². The van der Waals surface area contributed by atoms with Crippen LogP contribution in [-0.2, 0) is 6.18 Å². The summed E-state index contributed by atoms with van der Waals surface area (Å²) in [4.78, 5) is 5.41. The zero-order valence-electron chi connectivity index (χ0n) is 13.7. The molecule has 0 spiro atoms. The lowest BCUT2D eigenvalue weighted by Crippen LogP contribution is -2.35. The standard InChI is InChI=1S/C16H20F3N5/c1-11(2)24-10-21-22-15(24)12-4-3-7-23(9-12)13-5-6-20-14(8-13)16(17,18)19/h5-6,8,10-12H,3-4,7,9H2,1-2H3/t12-/m0/s1. The van der Waals surface area contributed by atoms with Crippen LogP contribution in [-0.4, -0.2) is 32.8 Å². The second kappa shape index (κ2) is 6.41. The number of halogens is 3. The van der Waals surface area contributed by atoms with E-state index in [1.807, 2.05) is 9.47 Å².